The largest absolute Gasteiger partial charge is 0.395 e. The molecule has 17 heavy (non-hydrogen) atoms. The molecule has 1 aliphatic rings. The summed E-state index contributed by atoms with van der Waals surface area (Å²) in [6, 6.07) is 8.68. The van der Waals surface area contributed by atoms with Crippen molar-refractivity contribution in [2.75, 3.05) is 19.8 Å². The van der Waals surface area contributed by atoms with Crippen LogP contribution in [0, 0.1) is 0 Å². The minimum Gasteiger partial charge on any atom is -0.395 e. The van der Waals surface area contributed by atoms with Crippen LogP contribution in [0.3, 0.4) is 0 Å². The molecule has 0 bridgehead atoms. The SMILES string of the molecule is CC(C)(CO)c1cccc(C2CCOCC2)c1. The third kappa shape index (κ3) is 2.88. The first kappa shape index (κ1) is 12.6. The lowest BCUT2D eigenvalue weighted by Crippen LogP contribution is -2.22. The monoisotopic (exact) mass is 234 g/mol. The number of rotatable bonds is 3. The molecule has 1 fully saturated rings. The summed E-state index contributed by atoms with van der Waals surface area (Å²) >= 11 is 0. The van der Waals surface area contributed by atoms with Crippen molar-refractivity contribution in [3.05, 3.63) is 35.4 Å². The number of ether oxygens (including phenoxy) is 1. The Bertz CT molecular complexity index is 365. The molecule has 0 unspecified atom stereocenters. The predicted molar refractivity (Wildman–Crippen MR) is 69.3 cm³/mol. The first-order chi connectivity index (χ1) is 8.13. The summed E-state index contributed by atoms with van der Waals surface area (Å²) in [5, 5.41) is 9.43. The molecule has 0 amide bonds. The van der Waals surface area contributed by atoms with E-state index in [0.29, 0.717) is 5.92 Å². The summed E-state index contributed by atoms with van der Waals surface area (Å²) in [6.45, 7) is 6.09. The smallest absolute Gasteiger partial charge is 0.0522 e. The van der Waals surface area contributed by atoms with E-state index in [9.17, 15) is 5.11 Å². The van der Waals surface area contributed by atoms with E-state index >= 15 is 0 Å². The maximum absolute atomic E-state index is 9.43. The summed E-state index contributed by atoms with van der Waals surface area (Å²) in [7, 11) is 0. The van der Waals surface area contributed by atoms with Gasteiger partial charge in [-0.15, -0.1) is 0 Å². The highest BCUT2D eigenvalue weighted by Gasteiger charge is 2.22. The molecule has 94 valence electrons. The van der Waals surface area contributed by atoms with Crippen LogP contribution in [0.5, 0.6) is 0 Å². The lowest BCUT2D eigenvalue weighted by Gasteiger charge is -2.26. The normalized spacial score (nSPS) is 18.3. The summed E-state index contributed by atoms with van der Waals surface area (Å²) in [4.78, 5) is 0. The van der Waals surface area contributed by atoms with Gasteiger partial charge < -0.3 is 9.84 Å². The molecule has 2 rings (SSSR count). The second-order valence-electron chi connectivity index (χ2n) is 5.55. The van der Waals surface area contributed by atoms with Gasteiger partial charge in [-0.25, -0.2) is 0 Å². The van der Waals surface area contributed by atoms with Crippen molar-refractivity contribution in [1.82, 2.24) is 0 Å². The Balaban J connectivity index is 2.21. The van der Waals surface area contributed by atoms with E-state index in [1.165, 1.54) is 11.1 Å². The molecule has 1 saturated heterocycles. The second-order valence-corrected chi connectivity index (χ2v) is 5.55. The van der Waals surface area contributed by atoms with Crippen LogP contribution in [0.2, 0.25) is 0 Å². The van der Waals surface area contributed by atoms with Gasteiger partial charge in [-0.05, 0) is 29.9 Å². The Morgan fingerprint density at radius 2 is 2.00 bits per heavy atom. The second kappa shape index (κ2) is 5.19. The molecular formula is C15H22O2. The predicted octanol–water partition coefficient (Wildman–Crippen LogP) is 2.85. The summed E-state index contributed by atoms with van der Waals surface area (Å²) < 4.78 is 5.40. The lowest BCUT2D eigenvalue weighted by molar-refractivity contribution is 0.0853. The molecule has 0 spiro atoms. The molecule has 0 atom stereocenters. The quantitative estimate of drug-likeness (QED) is 0.871. The van der Waals surface area contributed by atoms with Gasteiger partial charge in [-0.1, -0.05) is 38.1 Å². The Kier molecular flexibility index (Phi) is 3.85. The molecule has 0 radical (unpaired) electrons. The minimum absolute atomic E-state index is 0.152. The maximum atomic E-state index is 9.43. The zero-order valence-electron chi connectivity index (χ0n) is 10.8. The van der Waals surface area contributed by atoms with Gasteiger partial charge in [0.15, 0.2) is 0 Å². The van der Waals surface area contributed by atoms with Crippen molar-refractivity contribution in [3.63, 3.8) is 0 Å². The zero-order valence-corrected chi connectivity index (χ0v) is 10.8. The number of benzene rings is 1. The molecular weight excluding hydrogens is 212 g/mol. The molecule has 0 aliphatic carbocycles. The topological polar surface area (TPSA) is 29.5 Å². The van der Waals surface area contributed by atoms with E-state index in [-0.39, 0.29) is 12.0 Å². The Hall–Kier alpha value is -0.860. The average molecular weight is 234 g/mol. The van der Waals surface area contributed by atoms with E-state index in [1.54, 1.807) is 0 Å². The summed E-state index contributed by atoms with van der Waals surface area (Å²) in [5.41, 5.74) is 2.47. The van der Waals surface area contributed by atoms with E-state index < -0.39 is 0 Å². The Labute approximate surface area is 104 Å². The van der Waals surface area contributed by atoms with Crippen LogP contribution in [0.25, 0.3) is 0 Å². The molecule has 0 saturated carbocycles. The third-order valence-electron chi connectivity index (χ3n) is 3.76. The van der Waals surface area contributed by atoms with Gasteiger partial charge in [0.2, 0.25) is 0 Å². The fourth-order valence-electron chi connectivity index (χ4n) is 2.34. The fourth-order valence-corrected chi connectivity index (χ4v) is 2.34. The molecule has 0 aromatic heterocycles. The molecule has 1 heterocycles. The highest BCUT2D eigenvalue weighted by Crippen LogP contribution is 2.30. The Morgan fingerprint density at radius 3 is 2.65 bits per heavy atom. The van der Waals surface area contributed by atoms with Gasteiger partial charge in [0.1, 0.15) is 0 Å². The van der Waals surface area contributed by atoms with Gasteiger partial charge in [0.05, 0.1) is 6.61 Å². The standard InChI is InChI=1S/C15H22O2/c1-15(2,11-16)14-5-3-4-13(10-14)12-6-8-17-9-7-12/h3-5,10,12,16H,6-9,11H2,1-2H3. The van der Waals surface area contributed by atoms with Gasteiger partial charge in [-0.3, -0.25) is 0 Å². The Morgan fingerprint density at radius 1 is 1.29 bits per heavy atom. The first-order valence-corrected chi connectivity index (χ1v) is 6.42. The summed E-state index contributed by atoms with van der Waals surface area (Å²) in [5.74, 6) is 0.623. The van der Waals surface area contributed by atoms with Crippen LogP contribution in [-0.2, 0) is 10.2 Å². The van der Waals surface area contributed by atoms with Gasteiger partial charge in [0, 0.05) is 18.6 Å². The maximum Gasteiger partial charge on any atom is 0.0522 e. The lowest BCUT2D eigenvalue weighted by atomic mass is 9.82. The van der Waals surface area contributed by atoms with E-state index in [2.05, 4.69) is 38.1 Å². The van der Waals surface area contributed by atoms with Gasteiger partial charge in [0.25, 0.3) is 0 Å². The van der Waals surface area contributed by atoms with Crippen LogP contribution < -0.4 is 0 Å². The van der Waals surface area contributed by atoms with E-state index in [1.807, 2.05) is 0 Å². The van der Waals surface area contributed by atoms with Gasteiger partial charge in [-0.2, -0.15) is 0 Å². The van der Waals surface area contributed by atoms with Crippen LogP contribution in [-0.4, -0.2) is 24.9 Å². The van der Waals surface area contributed by atoms with Crippen molar-refractivity contribution in [1.29, 1.82) is 0 Å². The highest BCUT2D eigenvalue weighted by molar-refractivity contribution is 5.31. The van der Waals surface area contributed by atoms with Gasteiger partial charge >= 0.3 is 0 Å². The number of aliphatic hydroxyl groups is 1. The first-order valence-electron chi connectivity index (χ1n) is 6.42. The van der Waals surface area contributed by atoms with Crippen LogP contribution >= 0.6 is 0 Å². The molecule has 1 aromatic carbocycles. The zero-order chi connectivity index (χ0) is 12.3. The van der Waals surface area contributed by atoms with Crippen molar-refractivity contribution in [2.24, 2.45) is 0 Å². The molecule has 2 heteroatoms. The minimum atomic E-state index is -0.152. The molecule has 1 aliphatic heterocycles. The molecule has 2 nitrogen and oxygen atoms in total. The van der Waals surface area contributed by atoms with Crippen molar-refractivity contribution in [2.45, 2.75) is 38.0 Å². The number of aliphatic hydroxyl groups excluding tert-OH is 1. The number of hydrogen-bond donors (Lipinski definition) is 1. The molecule has 1 aromatic rings. The van der Waals surface area contributed by atoms with E-state index in [4.69, 9.17) is 4.74 Å². The van der Waals surface area contributed by atoms with Crippen molar-refractivity contribution >= 4 is 0 Å². The highest BCUT2D eigenvalue weighted by atomic mass is 16.5. The van der Waals surface area contributed by atoms with Crippen LogP contribution in [0.4, 0.5) is 0 Å². The third-order valence-corrected chi connectivity index (χ3v) is 3.76. The summed E-state index contributed by atoms with van der Waals surface area (Å²) in [6.07, 6.45) is 2.23. The number of hydrogen-bond acceptors (Lipinski definition) is 2. The van der Waals surface area contributed by atoms with Crippen LogP contribution in [0.1, 0.15) is 43.7 Å². The van der Waals surface area contributed by atoms with Crippen LogP contribution in [0.15, 0.2) is 24.3 Å². The van der Waals surface area contributed by atoms with E-state index in [0.717, 1.165) is 26.1 Å². The average Bonchev–Trinajstić information content (AvgIpc) is 2.40. The van der Waals surface area contributed by atoms with Crippen molar-refractivity contribution < 1.29 is 9.84 Å². The molecule has 1 N–H and O–H groups in total. The fraction of sp³-hybridized carbons (Fsp3) is 0.600. The van der Waals surface area contributed by atoms with Crippen molar-refractivity contribution in [3.8, 4) is 0 Å².